The smallest absolute Gasteiger partial charge is 0.269 e. The molecule has 0 aliphatic carbocycles. The minimum atomic E-state index is -3.81. The summed E-state index contributed by atoms with van der Waals surface area (Å²) in [6.45, 7) is 2.32. The molecule has 0 spiro atoms. The summed E-state index contributed by atoms with van der Waals surface area (Å²) in [6, 6.07) is 18.3. The van der Waals surface area contributed by atoms with Gasteiger partial charge >= 0.3 is 0 Å². The molecule has 0 saturated heterocycles. The first-order chi connectivity index (χ1) is 15.8. The first-order valence-electron chi connectivity index (χ1n) is 9.93. The second kappa shape index (κ2) is 10.5. The van der Waals surface area contributed by atoms with Gasteiger partial charge in [-0.1, -0.05) is 6.07 Å². The summed E-state index contributed by atoms with van der Waals surface area (Å²) in [6.07, 6.45) is 0. The van der Waals surface area contributed by atoms with E-state index in [9.17, 15) is 18.0 Å². The number of sulfonamides is 1. The fourth-order valence-electron chi connectivity index (χ4n) is 2.81. The van der Waals surface area contributed by atoms with Gasteiger partial charge in [-0.25, -0.2) is 8.42 Å². The zero-order valence-electron chi connectivity index (χ0n) is 18.0. The average Bonchev–Trinajstić information content (AvgIpc) is 2.83. The van der Waals surface area contributed by atoms with E-state index < -0.39 is 21.8 Å². The van der Waals surface area contributed by atoms with Gasteiger partial charge in [0, 0.05) is 16.8 Å². The van der Waals surface area contributed by atoms with Crippen LogP contribution >= 0.6 is 0 Å². The summed E-state index contributed by atoms with van der Waals surface area (Å²) in [7, 11) is -2.32. The topological polar surface area (TPSA) is 123 Å². The van der Waals surface area contributed by atoms with E-state index in [1.807, 2.05) is 6.92 Å². The van der Waals surface area contributed by atoms with Crippen LogP contribution in [0, 0.1) is 0 Å². The number of hydrazine groups is 1. The van der Waals surface area contributed by atoms with Crippen molar-refractivity contribution in [1.82, 2.24) is 10.9 Å². The van der Waals surface area contributed by atoms with Crippen molar-refractivity contribution < 1.29 is 27.5 Å². The molecular formula is C23H23N3O6S. The number of hydrogen-bond acceptors (Lipinski definition) is 6. The quantitative estimate of drug-likeness (QED) is 0.436. The number of methoxy groups -OCH3 is 1. The van der Waals surface area contributed by atoms with Crippen LogP contribution in [0.4, 0.5) is 5.69 Å². The lowest BCUT2D eigenvalue weighted by molar-refractivity contribution is 0.0846. The Morgan fingerprint density at radius 1 is 0.818 bits per heavy atom. The Morgan fingerprint density at radius 3 is 2.06 bits per heavy atom. The van der Waals surface area contributed by atoms with E-state index in [4.69, 9.17) is 9.47 Å². The van der Waals surface area contributed by atoms with Crippen molar-refractivity contribution >= 4 is 27.5 Å². The lowest BCUT2D eigenvalue weighted by Gasteiger charge is -2.11. The number of nitrogens with one attached hydrogen (secondary N) is 3. The Hall–Kier alpha value is -4.05. The molecule has 0 bridgehead atoms. The van der Waals surface area contributed by atoms with Crippen molar-refractivity contribution in [1.29, 1.82) is 0 Å². The number of anilines is 1. The molecule has 0 radical (unpaired) electrons. The third kappa shape index (κ3) is 6.23. The first-order valence-corrected chi connectivity index (χ1v) is 11.4. The number of hydrogen-bond donors (Lipinski definition) is 3. The molecule has 0 heterocycles. The van der Waals surface area contributed by atoms with Crippen molar-refractivity contribution in [2.45, 2.75) is 11.8 Å². The average molecular weight is 470 g/mol. The minimum absolute atomic E-state index is 0.0769. The molecule has 0 aromatic heterocycles. The van der Waals surface area contributed by atoms with Gasteiger partial charge in [-0.05, 0) is 73.7 Å². The Labute approximate surface area is 191 Å². The molecule has 33 heavy (non-hydrogen) atoms. The molecule has 3 aromatic carbocycles. The van der Waals surface area contributed by atoms with Crippen LogP contribution < -0.4 is 25.0 Å². The zero-order valence-corrected chi connectivity index (χ0v) is 18.8. The second-order valence-corrected chi connectivity index (χ2v) is 8.41. The number of rotatable bonds is 8. The predicted molar refractivity (Wildman–Crippen MR) is 123 cm³/mol. The molecule has 9 nitrogen and oxygen atoms in total. The van der Waals surface area contributed by atoms with Gasteiger partial charge in [0.15, 0.2) is 0 Å². The Morgan fingerprint density at radius 2 is 1.45 bits per heavy atom. The van der Waals surface area contributed by atoms with Gasteiger partial charge in [0.05, 0.1) is 18.6 Å². The summed E-state index contributed by atoms with van der Waals surface area (Å²) >= 11 is 0. The Kier molecular flexibility index (Phi) is 7.52. The highest BCUT2D eigenvalue weighted by molar-refractivity contribution is 7.92. The number of ether oxygens (including phenoxy) is 2. The fraction of sp³-hybridized carbons (Fsp3) is 0.130. The third-order valence-corrected chi connectivity index (χ3v) is 5.86. The van der Waals surface area contributed by atoms with Gasteiger partial charge in [-0.3, -0.25) is 25.2 Å². The van der Waals surface area contributed by atoms with Gasteiger partial charge in [-0.15, -0.1) is 0 Å². The molecule has 10 heteroatoms. The van der Waals surface area contributed by atoms with Crippen LogP contribution in [0.2, 0.25) is 0 Å². The van der Waals surface area contributed by atoms with E-state index in [0.717, 1.165) is 0 Å². The molecular weight excluding hydrogens is 446 g/mol. The van der Waals surface area contributed by atoms with E-state index in [-0.39, 0.29) is 16.1 Å². The van der Waals surface area contributed by atoms with E-state index in [1.54, 1.807) is 30.3 Å². The highest BCUT2D eigenvalue weighted by Gasteiger charge is 2.15. The molecule has 3 rings (SSSR count). The molecule has 3 aromatic rings. The number of carbonyl (C=O) groups is 2. The van der Waals surface area contributed by atoms with Crippen LogP contribution in [0.3, 0.4) is 0 Å². The SMILES string of the molecule is CCOc1ccc(S(=O)(=O)Nc2ccc(C(=O)NNC(=O)c3cccc(OC)c3)cc2)cc1. The van der Waals surface area contributed by atoms with Crippen molar-refractivity contribution in [3.8, 4) is 11.5 Å². The fourth-order valence-corrected chi connectivity index (χ4v) is 3.87. The first kappa shape index (κ1) is 23.6. The van der Waals surface area contributed by atoms with Crippen molar-refractivity contribution in [3.05, 3.63) is 83.9 Å². The van der Waals surface area contributed by atoms with Crippen LogP contribution in [-0.4, -0.2) is 33.9 Å². The molecule has 0 fully saturated rings. The number of benzene rings is 3. The van der Waals surface area contributed by atoms with Crippen molar-refractivity contribution in [2.75, 3.05) is 18.4 Å². The van der Waals surface area contributed by atoms with E-state index in [2.05, 4.69) is 15.6 Å². The molecule has 2 amide bonds. The number of amides is 2. The van der Waals surface area contributed by atoms with Gasteiger partial charge in [-0.2, -0.15) is 0 Å². The molecule has 0 atom stereocenters. The summed E-state index contributed by atoms with van der Waals surface area (Å²) in [4.78, 5) is 24.6. The molecule has 172 valence electrons. The van der Waals surface area contributed by atoms with Crippen LogP contribution in [0.15, 0.2) is 77.7 Å². The Bertz CT molecular complexity index is 1230. The lowest BCUT2D eigenvalue weighted by Crippen LogP contribution is -2.41. The Balaban J connectivity index is 1.59. The van der Waals surface area contributed by atoms with Crippen molar-refractivity contribution in [2.24, 2.45) is 0 Å². The monoisotopic (exact) mass is 469 g/mol. The van der Waals surface area contributed by atoms with E-state index >= 15 is 0 Å². The predicted octanol–water partition coefficient (Wildman–Crippen LogP) is 2.97. The number of carbonyl (C=O) groups excluding carboxylic acids is 2. The second-order valence-electron chi connectivity index (χ2n) is 6.73. The summed E-state index contributed by atoms with van der Waals surface area (Å²) in [5, 5.41) is 0. The maximum Gasteiger partial charge on any atom is 0.269 e. The normalized spacial score (nSPS) is 10.7. The molecule has 3 N–H and O–H groups in total. The van der Waals surface area contributed by atoms with Crippen molar-refractivity contribution in [3.63, 3.8) is 0 Å². The molecule has 0 unspecified atom stereocenters. The summed E-state index contributed by atoms with van der Waals surface area (Å²) in [5.41, 5.74) is 5.45. The standard InChI is InChI=1S/C23H23N3O6S/c1-3-32-19-11-13-21(14-12-19)33(29,30)26-18-9-7-16(8-10-18)22(27)24-25-23(28)17-5-4-6-20(15-17)31-2/h4-15,26H,3H2,1-2H3,(H,24,27)(H,25,28). The highest BCUT2D eigenvalue weighted by Crippen LogP contribution is 2.20. The maximum atomic E-state index is 12.6. The zero-order chi connectivity index (χ0) is 23.8. The lowest BCUT2D eigenvalue weighted by atomic mass is 10.2. The summed E-state index contributed by atoms with van der Waals surface area (Å²) < 4.78 is 38.0. The largest absolute Gasteiger partial charge is 0.497 e. The van der Waals surface area contributed by atoms with Gasteiger partial charge in [0.2, 0.25) is 0 Å². The molecule has 0 aliphatic rings. The van der Waals surface area contributed by atoms with Crippen LogP contribution in [0.25, 0.3) is 0 Å². The maximum absolute atomic E-state index is 12.6. The van der Waals surface area contributed by atoms with Crippen LogP contribution in [-0.2, 0) is 10.0 Å². The minimum Gasteiger partial charge on any atom is -0.497 e. The molecule has 0 aliphatic heterocycles. The summed E-state index contributed by atoms with van der Waals surface area (Å²) in [5.74, 6) is 0.0108. The van der Waals surface area contributed by atoms with Gasteiger partial charge in [0.25, 0.3) is 21.8 Å². The van der Waals surface area contributed by atoms with Gasteiger partial charge < -0.3 is 9.47 Å². The van der Waals surface area contributed by atoms with Gasteiger partial charge in [0.1, 0.15) is 11.5 Å². The molecule has 0 saturated carbocycles. The highest BCUT2D eigenvalue weighted by atomic mass is 32.2. The van der Waals surface area contributed by atoms with E-state index in [1.165, 1.54) is 49.6 Å². The van der Waals surface area contributed by atoms with Crippen LogP contribution in [0.5, 0.6) is 11.5 Å². The van der Waals surface area contributed by atoms with Crippen LogP contribution in [0.1, 0.15) is 27.6 Å². The van der Waals surface area contributed by atoms with E-state index in [0.29, 0.717) is 23.7 Å². The third-order valence-electron chi connectivity index (χ3n) is 4.47.